The van der Waals surface area contributed by atoms with Crippen LogP contribution in [0.25, 0.3) is 11.0 Å². The summed E-state index contributed by atoms with van der Waals surface area (Å²) < 4.78 is 2.04. The molecule has 1 aliphatic rings. The number of aromatic nitrogens is 3. The zero-order valence-electron chi connectivity index (χ0n) is 10.0. The van der Waals surface area contributed by atoms with Gasteiger partial charge in [-0.25, -0.2) is 9.97 Å². The molecule has 90 valence electrons. The molecule has 0 aliphatic heterocycles. The minimum atomic E-state index is 0.443. The Hall–Kier alpha value is -1.62. The van der Waals surface area contributed by atoms with Crippen LogP contribution in [-0.4, -0.2) is 14.5 Å². The van der Waals surface area contributed by atoms with E-state index in [1.54, 1.807) is 0 Å². The first-order chi connectivity index (χ1) is 8.22. The van der Waals surface area contributed by atoms with Crippen molar-refractivity contribution in [2.75, 3.05) is 5.73 Å². The molecule has 3 rings (SSSR count). The zero-order chi connectivity index (χ0) is 12.0. The molecule has 4 N–H and O–H groups in total. The average Bonchev–Trinajstić information content (AvgIpc) is 2.67. The highest BCUT2D eigenvalue weighted by molar-refractivity contribution is 5.89. The largest absolute Gasteiger partial charge is 0.382 e. The smallest absolute Gasteiger partial charge is 0.151 e. The van der Waals surface area contributed by atoms with Crippen LogP contribution in [0.1, 0.15) is 29.9 Å². The Kier molecular flexibility index (Phi) is 2.29. The molecular formula is C12H17N5. The Morgan fingerprint density at radius 2 is 2.00 bits per heavy atom. The second-order valence-electron chi connectivity index (χ2n) is 4.60. The molecule has 2 aromatic rings. The van der Waals surface area contributed by atoms with Crippen LogP contribution in [0.4, 0.5) is 5.82 Å². The van der Waals surface area contributed by atoms with Gasteiger partial charge in [-0.1, -0.05) is 0 Å². The van der Waals surface area contributed by atoms with Crippen molar-refractivity contribution in [3.05, 3.63) is 17.1 Å². The molecule has 5 heteroatoms. The van der Waals surface area contributed by atoms with Crippen LogP contribution in [0.3, 0.4) is 0 Å². The fourth-order valence-corrected chi connectivity index (χ4v) is 2.74. The van der Waals surface area contributed by atoms with Crippen molar-refractivity contribution in [3.8, 4) is 0 Å². The summed E-state index contributed by atoms with van der Waals surface area (Å²) in [5.74, 6) is 1.45. The maximum absolute atomic E-state index is 5.99. The molecule has 0 bridgehead atoms. The average molecular weight is 231 g/mol. The molecule has 2 aromatic heterocycles. The first-order valence-electron chi connectivity index (χ1n) is 6.06. The van der Waals surface area contributed by atoms with Gasteiger partial charge >= 0.3 is 0 Å². The summed E-state index contributed by atoms with van der Waals surface area (Å²) in [5.41, 5.74) is 16.1. The molecule has 1 aliphatic carbocycles. The molecule has 0 radical (unpaired) electrons. The minimum absolute atomic E-state index is 0.443. The summed E-state index contributed by atoms with van der Waals surface area (Å²) in [6.07, 6.45) is 4.48. The fourth-order valence-electron chi connectivity index (χ4n) is 2.74. The Balaban J connectivity index is 2.41. The molecule has 0 fully saturated rings. The monoisotopic (exact) mass is 231 g/mol. The molecule has 5 nitrogen and oxygen atoms in total. The Labute approximate surface area is 99.8 Å². The highest BCUT2D eigenvalue weighted by Gasteiger charge is 2.20. The molecule has 0 atom stereocenters. The van der Waals surface area contributed by atoms with Crippen molar-refractivity contribution in [3.63, 3.8) is 0 Å². The first-order valence-corrected chi connectivity index (χ1v) is 6.06. The SMILES string of the molecule is Cc1nc2c(N)nc3c(c2n1CN)CCCC3. The highest BCUT2D eigenvalue weighted by Crippen LogP contribution is 2.30. The number of nitrogen functional groups attached to an aromatic ring is 1. The van der Waals surface area contributed by atoms with Gasteiger partial charge in [0.2, 0.25) is 0 Å². The summed E-state index contributed by atoms with van der Waals surface area (Å²) in [6.45, 7) is 2.40. The van der Waals surface area contributed by atoms with Crippen molar-refractivity contribution in [2.24, 2.45) is 5.73 Å². The van der Waals surface area contributed by atoms with Gasteiger partial charge in [0.25, 0.3) is 0 Å². The van der Waals surface area contributed by atoms with Crippen molar-refractivity contribution in [1.82, 2.24) is 14.5 Å². The summed E-state index contributed by atoms with van der Waals surface area (Å²) in [7, 11) is 0. The van der Waals surface area contributed by atoms with Crippen LogP contribution in [0, 0.1) is 6.92 Å². The Morgan fingerprint density at radius 1 is 1.24 bits per heavy atom. The van der Waals surface area contributed by atoms with Crippen molar-refractivity contribution in [2.45, 2.75) is 39.3 Å². The summed E-state index contributed by atoms with van der Waals surface area (Å²) in [6, 6.07) is 0. The zero-order valence-corrected chi connectivity index (χ0v) is 10.0. The standard InChI is InChI=1S/C12H17N5/c1-7-15-10-11(17(7)6-13)8-4-2-3-5-9(8)16-12(10)14/h2-6,13H2,1H3,(H2,14,16). The Morgan fingerprint density at radius 3 is 2.76 bits per heavy atom. The van der Waals surface area contributed by atoms with Crippen LogP contribution in [0.2, 0.25) is 0 Å². The molecule has 0 unspecified atom stereocenters. The second-order valence-corrected chi connectivity index (χ2v) is 4.60. The highest BCUT2D eigenvalue weighted by atomic mass is 15.1. The first kappa shape index (κ1) is 10.5. The number of aryl methyl sites for hydroxylation is 3. The summed E-state index contributed by atoms with van der Waals surface area (Å²) >= 11 is 0. The maximum atomic E-state index is 5.99. The summed E-state index contributed by atoms with van der Waals surface area (Å²) in [4.78, 5) is 8.98. The van der Waals surface area contributed by atoms with Crippen LogP contribution in [0.15, 0.2) is 0 Å². The minimum Gasteiger partial charge on any atom is -0.382 e. The number of imidazole rings is 1. The van der Waals surface area contributed by atoms with E-state index in [9.17, 15) is 0 Å². The van der Waals surface area contributed by atoms with E-state index in [1.807, 2.05) is 11.5 Å². The molecular weight excluding hydrogens is 214 g/mol. The quantitative estimate of drug-likeness (QED) is 0.770. The maximum Gasteiger partial charge on any atom is 0.151 e. The predicted octanol–water partition coefficient (Wildman–Crippen LogP) is 1.12. The molecule has 17 heavy (non-hydrogen) atoms. The third-order valence-electron chi connectivity index (χ3n) is 3.56. The van der Waals surface area contributed by atoms with E-state index in [0.29, 0.717) is 12.5 Å². The number of nitrogens with zero attached hydrogens (tertiary/aromatic N) is 3. The van der Waals surface area contributed by atoms with Gasteiger partial charge < -0.3 is 16.0 Å². The van der Waals surface area contributed by atoms with E-state index in [4.69, 9.17) is 11.5 Å². The second kappa shape index (κ2) is 3.70. The van der Waals surface area contributed by atoms with E-state index in [2.05, 4.69) is 9.97 Å². The number of hydrogen-bond acceptors (Lipinski definition) is 4. The van der Waals surface area contributed by atoms with Crippen LogP contribution >= 0.6 is 0 Å². The Bertz CT molecular complexity index is 584. The number of rotatable bonds is 1. The van der Waals surface area contributed by atoms with Gasteiger partial charge in [-0.3, -0.25) is 0 Å². The predicted molar refractivity (Wildman–Crippen MR) is 67.5 cm³/mol. The van der Waals surface area contributed by atoms with Gasteiger partial charge in [0.1, 0.15) is 11.3 Å². The van der Waals surface area contributed by atoms with E-state index in [-0.39, 0.29) is 0 Å². The van der Waals surface area contributed by atoms with Crippen LogP contribution in [0.5, 0.6) is 0 Å². The lowest BCUT2D eigenvalue weighted by Crippen LogP contribution is -2.13. The van der Waals surface area contributed by atoms with Gasteiger partial charge in [0.05, 0.1) is 12.2 Å². The van der Waals surface area contributed by atoms with Gasteiger partial charge in [-0.2, -0.15) is 0 Å². The van der Waals surface area contributed by atoms with Gasteiger partial charge in [0.15, 0.2) is 5.82 Å². The van der Waals surface area contributed by atoms with E-state index >= 15 is 0 Å². The number of pyridine rings is 1. The number of nitrogens with two attached hydrogens (primary N) is 2. The van der Waals surface area contributed by atoms with Crippen molar-refractivity contribution in [1.29, 1.82) is 0 Å². The fraction of sp³-hybridized carbons (Fsp3) is 0.500. The summed E-state index contributed by atoms with van der Waals surface area (Å²) in [5, 5.41) is 0. The topological polar surface area (TPSA) is 82.8 Å². The molecule has 0 saturated heterocycles. The van der Waals surface area contributed by atoms with Gasteiger partial charge in [-0.15, -0.1) is 0 Å². The normalized spacial score (nSPS) is 15.2. The molecule has 0 amide bonds. The van der Waals surface area contributed by atoms with Crippen LogP contribution in [-0.2, 0) is 19.5 Å². The van der Waals surface area contributed by atoms with Crippen molar-refractivity contribution >= 4 is 16.9 Å². The van der Waals surface area contributed by atoms with Crippen LogP contribution < -0.4 is 11.5 Å². The van der Waals surface area contributed by atoms with Crippen molar-refractivity contribution < 1.29 is 0 Å². The number of anilines is 1. The molecule has 2 heterocycles. The molecule has 0 aromatic carbocycles. The van der Waals surface area contributed by atoms with Gasteiger partial charge in [0, 0.05) is 5.69 Å². The lowest BCUT2D eigenvalue weighted by molar-refractivity contribution is 0.663. The third-order valence-corrected chi connectivity index (χ3v) is 3.56. The lowest BCUT2D eigenvalue weighted by Gasteiger charge is -2.17. The lowest BCUT2D eigenvalue weighted by atomic mass is 9.95. The number of hydrogen-bond donors (Lipinski definition) is 2. The number of fused-ring (bicyclic) bond motifs is 3. The van der Waals surface area contributed by atoms with E-state index < -0.39 is 0 Å². The van der Waals surface area contributed by atoms with E-state index in [0.717, 1.165) is 35.4 Å². The molecule has 0 saturated carbocycles. The molecule has 0 spiro atoms. The third kappa shape index (κ3) is 1.42. The van der Waals surface area contributed by atoms with Gasteiger partial charge in [-0.05, 0) is 38.2 Å². The van der Waals surface area contributed by atoms with E-state index in [1.165, 1.54) is 18.4 Å².